The van der Waals surface area contributed by atoms with Gasteiger partial charge in [0.15, 0.2) is 0 Å². The van der Waals surface area contributed by atoms with E-state index >= 15 is 0 Å². The highest BCUT2D eigenvalue weighted by Crippen LogP contribution is 2.31. The SMILES string of the molecule is Cc1ccccc1S(=O)(=O)ON(S(=O)(=O)c1ccccc1C)S(=O)(=O)c1ccccc1C. The normalized spacial score (nSPS) is 12.8. The van der Waals surface area contributed by atoms with Crippen LogP contribution in [0.5, 0.6) is 0 Å². The third-order valence-electron chi connectivity index (χ3n) is 4.66. The average molecular weight is 496 g/mol. The second-order valence-corrected chi connectivity index (χ2v) is 12.2. The van der Waals surface area contributed by atoms with Gasteiger partial charge in [-0.15, -0.1) is 4.28 Å². The first-order chi connectivity index (χ1) is 14.9. The Kier molecular flexibility index (Phi) is 6.59. The molecule has 0 aliphatic heterocycles. The summed E-state index contributed by atoms with van der Waals surface area (Å²) < 4.78 is 84.2. The maximum atomic E-state index is 13.4. The van der Waals surface area contributed by atoms with Gasteiger partial charge in [0.05, 0.1) is 18.6 Å². The van der Waals surface area contributed by atoms with Crippen LogP contribution in [0, 0.1) is 20.8 Å². The lowest BCUT2D eigenvalue weighted by Gasteiger charge is -2.22. The van der Waals surface area contributed by atoms with Crippen molar-refractivity contribution in [3.8, 4) is 0 Å². The molecule has 0 spiro atoms. The molecular formula is C21H21NO7S3. The molecule has 0 saturated heterocycles. The molecule has 0 bridgehead atoms. The first-order valence-corrected chi connectivity index (χ1v) is 13.6. The summed E-state index contributed by atoms with van der Waals surface area (Å²) in [5, 5.41) is 0. The predicted octanol–water partition coefficient (Wildman–Crippen LogP) is 3.31. The monoisotopic (exact) mass is 495 g/mol. The van der Waals surface area contributed by atoms with Crippen LogP contribution in [-0.4, -0.2) is 29.1 Å². The van der Waals surface area contributed by atoms with Crippen LogP contribution in [0.4, 0.5) is 0 Å². The average Bonchev–Trinajstić information content (AvgIpc) is 2.72. The van der Waals surface area contributed by atoms with E-state index in [1.54, 1.807) is 18.2 Å². The van der Waals surface area contributed by atoms with E-state index in [4.69, 9.17) is 4.28 Å². The first kappa shape index (κ1) is 24.1. The van der Waals surface area contributed by atoms with Crippen LogP contribution < -0.4 is 0 Å². The largest absolute Gasteiger partial charge is 0.315 e. The maximum Gasteiger partial charge on any atom is 0.315 e. The van der Waals surface area contributed by atoms with Gasteiger partial charge in [-0.2, -0.15) is 8.42 Å². The molecule has 0 atom stereocenters. The van der Waals surface area contributed by atoms with Gasteiger partial charge in [0.2, 0.25) is 0 Å². The quantitative estimate of drug-likeness (QED) is 0.462. The van der Waals surface area contributed by atoms with Gasteiger partial charge < -0.3 is 0 Å². The Morgan fingerprint density at radius 3 is 1.19 bits per heavy atom. The van der Waals surface area contributed by atoms with Crippen LogP contribution in [0.2, 0.25) is 0 Å². The van der Waals surface area contributed by atoms with Crippen molar-refractivity contribution in [2.45, 2.75) is 35.5 Å². The molecule has 8 nitrogen and oxygen atoms in total. The van der Waals surface area contributed by atoms with Crippen LogP contribution in [0.15, 0.2) is 87.5 Å². The van der Waals surface area contributed by atoms with Gasteiger partial charge in [-0.3, -0.25) is 0 Å². The number of hydrogen-bond acceptors (Lipinski definition) is 7. The molecule has 0 aliphatic carbocycles. The number of hydrogen-bond donors (Lipinski definition) is 0. The van der Waals surface area contributed by atoms with E-state index in [9.17, 15) is 25.3 Å². The van der Waals surface area contributed by atoms with E-state index in [1.165, 1.54) is 75.4 Å². The molecule has 0 aromatic heterocycles. The summed E-state index contributed by atoms with van der Waals surface area (Å²) >= 11 is 0. The molecule has 0 aliphatic rings. The summed E-state index contributed by atoms with van der Waals surface area (Å²) in [5.74, 6) is 0. The lowest BCUT2D eigenvalue weighted by Crippen LogP contribution is -2.39. The van der Waals surface area contributed by atoms with E-state index in [2.05, 4.69) is 0 Å². The zero-order valence-corrected chi connectivity index (χ0v) is 19.9. The van der Waals surface area contributed by atoms with Crippen LogP contribution in [-0.2, 0) is 34.4 Å². The minimum absolute atomic E-state index is 0.217. The molecular weight excluding hydrogens is 474 g/mol. The van der Waals surface area contributed by atoms with Gasteiger partial charge in [-0.05, 0) is 55.7 Å². The molecule has 0 radical (unpaired) electrons. The molecule has 0 heterocycles. The number of benzene rings is 3. The van der Waals surface area contributed by atoms with Gasteiger partial charge in [0.25, 0.3) is 20.0 Å². The van der Waals surface area contributed by atoms with Crippen LogP contribution in [0.3, 0.4) is 0 Å². The minimum atomic E-state index is -4.96. The molecule has 170 valence electrons. The molecule has 3 rings (SSSR count). The van der Waals surface area contributed by atoms with E-state index in [-0.39, 0.29) is 21.6 Å². The fourth-order valence-electron chi connectivity index (χ4n) is 3.02. The zero-order chi connectivity index (χ0) is 23.7. The van der Waals surface area contributed by atoms with Gasteiger partial charge >= 0.3 is 10.1 Å². The van der Waals surface area contributed by atoms with Crippen molar-refractivity contribution in [2.75, 3.05) is 0 Å². The Balaban J connectivity index is 2.27. The predicted molar refractivity (Wildman–Crippen MR) is 118 cm³/mol. The summed E-state index contributed by atoms with van der Waals surface area (Å²) in [6, 6.07) is 16.9. The Hall–Kier alpha value is -2.57. The van der Waals surface area contributed by atoms with E-state index < -0.39 is 43.8 Å². The Bertz CT molecular complexity index is 1400. The van der Waals surface area contributed by atoms with Crippen molar-refractivity contribution in [2.24, 2.45) is 0 Å². The molecule has 0 unspecified atom stereocenters. The van der Waals surface area contributed by atoms with E-state index in [1.807, 2.05) is 0 Å². The van der Waals surface area contributed by atoms with Crippen LogP contribution in [0.1, 0.15) is 16.7 Å². The summed E-state index contributed by atoms with van der Waals surface area (Å²) in [4.78, 5) is -1.17. The first-order valence-electron chi connectivity index (χ1n) is 9.31. The number of sulfonamides is 2. The molecule has 3 aromatic carbocycles. The van der Waals surface area contributed by atoms with Crippen molar-refractivity contribution in [3.63, 3.8) is 0 Å². The Morgan fingerprint density at radius 1 is 0.531 bits per heavy atom. The lowest BCUT2D eigenvalue weighted by atomic mass is 10.2. The lowest BCUT2D eigenvalue weighted by molar-refractivity contribution is 0.135. The highest BCUT2D eigenvalue weighted by Gasteiger charge is 2.43. The van der Waals surface area contributed by atoms with Crippen LogP contribution >= 0.6 is 0 Å². The fourth-order valence-corrected chi connectivity index (χ4v) is 8.38. The zero-order valence-electron chi connectivity index (χ0n) is 17.5. The summed E-state index contributed by atoms with van der Waals surface area (Å²) in [6.07, 6.45) is 0. The summed E-state index contributed by atoms with van der Waals surface area (Å²) in [6.45, 7) is 4.40. The van der Waals surface area contributed by atoms with Crippen LogP contribution in [0.25, 0.3) is 0 Å². The van der Waals surface area contributed by atoms with Crippen molar-refractivity contribution in [1.82, 2.24) is 3.87 Å². The second kappa shape index (κ2) is 8.75. The molecule has 11 heteroatoms. The Labute approximate surface area is 188 Å². The van der Waals surface area contributed by atoms with Gasteiger partial charge in [0, 0.05) is 0 Å². The highest BCUT2D eigenvalue weighted by molar-refractivity contribution is 8.04. The summed E-state index contributed by atoms with van der Waals surface area (Å²) in [5.41, 5.74) is 0.692. The minimum Gasteiger partial charge on any atom is -0.204 e. The second-order valence-electron chi connectivity index (χ2n) is 7.00. The highest BCUT2D eigenvalue weighted by atomic mass is 32.3. The molecule has 0 fully saturated rings. The summed E-state index contributed by atoms with van der Waals surface area (Å²) in [7, 11) is -14.8. The van der Waals surface area contributed by atoms with Gasteiger partial charge in [-0.25, -0.2) is 16.8 Å². The topological polar surface area (TPSA) is 115 Å². The van der Waals surface area contributed by atoms with Gasteiger partial charge in [-0.1, -0.05) is 54.6 Å². The van der Waals surface area contributed by atoms with Gasteiger partial charge in [0.1, 0.15) is 0 Å². The van der Waals surface area contributed by atoms with Crippen molar-refractivity contribution in [3.05, 3.63) is 89.5 Å². The molecule has 0 amide bonds. The Morgan fingerprint density at radius 2 is 0.844 bits per heavy atom. The molecule has 3 aromatic rings. The maximum absolute atomic E-state index is 13.4. The standard InChI is InChI=1S/C21H21NO7S3/c1-16-10-4-7-13-19(16)30(23,24)22(31(25,26)20-14-8-5-11-17(20)2)29-32(27,28)21-15-9-6-12-18(21)3/h4-15H,1-3H3. The molecule has 0 N–H and O–H groups in total. The third kappa shape index (κ3) is 4.48. The van der Waals surface area contributed by atoms with E-state index in [0.717, 1.165) is 0 Å². The molecule has 0 saturated carbocycles. The third-order valence-corrected chi connectivity index (χ3v) is 10.3. The smallest absolute Gasteiger partial charge is 0.204 e. The van der Waals surface area contributed by atoms with Crippen molar-refractivity contribution < 1.29 is 29.5 Å². The van der Waals surface area contributed by atoms with Crippen molar-refractivity contribution >= 4 is 30.2 Å². The fraction of sp³-hybridized carbons (Fsp3) is 0.143. The number of nitrogens with zero attached hydrogens (tertiary/aromatic N) is 1. The molecule has 32 heavy (non-hydrogen) atoms. The van der Waals surface area contributed by atoms with Crippen molar-refractivity contribution in [1.29, 1.82) is 0 Å². The van der Waals surface area contributed by atoms with E-state index in [0.29, 0.717) is 0 Å². The number of aryl methyl sites for hydroxylation is 3. The number of rotatable bonds is 7.